The summed E-state index contributed by atoms with van der Waals surface area (Å²) in [7, 11) is 0. The van der Waals surface area contributed by atoms with Gasteiger partial charge in [0.1, 0.15) is 5.82 Å². The van der Waals surface area contributed by atoms with Gasteiger partial charge in [0, 0.05) is 30.2 Å². The molecule has 3 rings (SSSR count). The summed E-state index contributed by atoms with van der Waals surface area (Å²) in [5.74, 6) is 1.95. The summed E-state index contributed by atoms with van der Waals surface area (Å²) >= 11 is 0. The number of pyridine rings is 1. The molecule has 18 heavy (non-hydrogen) atoms. The largest absolute Gasteiger partial charge is 0.449 e. The Labute approximate surface area is 104 Å². The quantitative estimate of drug-likeness (QED) is 0.760. The molecule has 0 bridgehead atoms. The van der Waals surface area contributed by atoms with E-state index in [0.29, 0.717) is 17.5 Å². The predicted octanol–water partition coefficient (Wildman–Crippen LogP) is 2.88. The van der Waals surface area contributed by atoms with Crippen molar-refractivity contribution in [3.05, 3.63) is 55.2 Å². The van der Waals surface area contributed by atoms with Crippen LogP contribution in [-0.4, -0.2) is 15.0 Å². The third-order valence-electron chi connectivity index (χ3n) is 2.35. The number of nitrogens with one attached hydrogen (secondary N) is 1. The molecule has 5 heteroatoms. The first-order valence-electron chi connectivity index (χ1n) is 5.46. The SMILES string of the molecule is c1cncc(-c2nccc(Nc3ccco3)n2)c1. The van der Waals surface area contributed by atoms with E-state index in [1.165, 1.54) is 0 Å². The van der Waals surface area contributed by atoms with Crippen molar-refractivity contribution in [1.82, 2.24) is 15.0 Å². The van der Waals surface area contributed by atoms with E-state index in [0.717, 1.165) is 5.56 Å². The first-order chi connectivity index (χ1) is 8.92. The van der Waals surface area contributed by atoms with Crippen LogP contribution in [0, 0.1) is 0 Å². The van der Waals surface area contributed by atoms with Gasteiger partial charge in [-0.3, -0.25) is 4.98 Å². The van der Waals surface area contributed by atoms with Crippen molar-refractivity contribution in [3.8, 4) is 11.4 Å². The Kier molecular flexibility index (Phi) is 2.71. The van der Waals surface area contributed by atoms with Gasteiger partial charge in [0.15, 0.2) is 11.7 Å². The molecule has 3 aromatic heterocycles. The first-order valence-corrected chi connectivity index (χ1v) is 5.46. The maximum atomic E-state index is 5.20. The van der Waals surface area contributed by atoms with Crippen LogP contribution in [0.1, 0.15) is 0 Å². The summed E-state index contributed by atoms with van der Waals surface area (Å²) in [5, 5.41) is 3.06. The number of anilines is 2. The van der Waals surface area contributed by atoms with Crippen LogP contribution in [0.3, 0.4) is 0 Å². The van der Waals surface area contributed by atoms with Gasteiger partial charge in [0.2, 0.25) is 0 Å². The van der Waals surface area contributed by atoms with Gasteiger partial charge in [0.05, 0.1) is 6.26 Å². The number of furan rings is 1. The normalized spacial score (nSPS) is 10.2. The highest BCUT2D eigenvalue weighted by molar-refractivity contribution is 5.57. The van der Waals surface area contributed by atoms with Crippen LogP contribution in [0.5, 0.6) is 0 Å². The van der Waals surface area contributed by atoms with Gasteiger partial charge in [-0.2, -0.15) is 0 Å². The molecular weight excluding hydrogens is 228 g/mol. The number of hydrogen-bond acceptors (Lipinski definition) is 5. The number of aromatic nitrogens is 3. The van der Waals surface area contributed by atoms with Crippen LogP contribution in [-0.2, 0) is 0 Å². The van der Waals surface area contributed by atoms with E-state index in [1.54, 1.807) is 30.9 Å². The van der Waals surface area contributed by atoms with Crippen molar-refractivity contribution in [1.29, 1.82) is 0 Å². The van der Waals surface area contributed by atoms with Gasteiger partial charge in [0.25, 0.3) is 0 Å². The van der Waals surface area contributed by atoms with E-state index in [2.05, 4.69) is 20.3 Å². The van der Waals surface area contributed by atoms with E-state index in [4.69, 9.17) is 4.42 Å². The molecular formula is C13H10N4O. The third-order valence-corrected chi connectivity index (χ3v) is 2.35. The fourth-order valence-corrected chi connectivity index (χ4v) is 1.54. The summed E-state index contributed by atoms with van der Waals surface area (Å²) in [6, 6.07) is 9.18. The van der Waals surface area contributed by atoms with Gasteiger partial charge in [-0.05, 0) is 24.3 Å². The van der Waals surface area contributed by atoms with Gasteiger partial charge in [-0.15, -0.1) is 0 Å². The highest BCUT2D eigenvalue weighted by Crippen LogP contribution is 2.18. The van der Waals surface area contributed by atoms with Crippen molar-refractivity contribution in [2.75, 3.05) is 5.32 Å². The van der Waals surface area contributed by atoms with Gasteiger partial charge in [-0.25, -0.2) is 9.97 Å². The minimum absolute atomic E-state index is 0.625. The van der Waals surface area contributed by atoms with Crippen LogP contribution in [0.25, 0.3) is 11.4 Å². The maximum Gasteiger partial charge on any atom is 0.198 e. The lowest BCUT2D eigenvalue weighted by Crippen LogP contribution is -1.95. The van der Waals surface area contributed by atoms with Crippen LogP contribution in [0.4, 0.5) is 11.7 Å². The minimum Gasteiger partial charge on any atom is -0.449 e. The number of nitrogens with zero attached hydrogens (tertiary/aromatic N) is 3. The van der Waals surface area contributed by atoms with Crippen molar-refractivity contribution in [3.63, 3.8) is 0 Å². The molecule has 0 spiro atoms. The predicted molar refractivity (Wildman–Crippen MR) is 67.3 cm³/mol. The summed E-state index contributed by atoms with van der Waals surface area (Å²) in [6.45, 7) is 0. The zero-order valence-corrected chi connectivity index (χ0v) is 9.45. The summed E-state index contributed by atoms with van der Waals surface area (Å²) in [4.78, 5) is 12.7. The van der Waals surface area contributed by atoms with Crippen molar-refractivity contribution in [2.45, 2.75) is 0 Å². The van der Waals surface area contributed by atoms with Gasteiger partial charge < -0.3 is 9.73 Å². The Balaban J connectivity index is 1.90. The molecule has 0 aliphatic heterocycles. The van der Waals surface area contributed by atoms with Crippen molar-refractivity contribution >= 4 is 11.7 Å². The van der Waals surface area contributed by atoms with Crippen LogP contribution < -0.4 is 5.32 Å². The maximum absolute atomic E-state index is 5.20. The molecule has 0 radical (unpaired) electrons. The lowest BCUT2D eigenvalue weighted by atomic mass is 10.3. The molecule has 0 saturated carbocycles. The first kappa shape index (κ1) is 10.5. The fraction of sp³-hybridized carbons (Fsp3) is 0. The molecule has 0 amide bonds. The number of rotatable bonds is 3. The summed E-state index contributed by atoms with van der Waals surface area (Å²) in [6.07, 6.45) is 6.74. The highest BCUT2D eigenvalue weighted by atomic mass is 16.3. The highest BCUT2D eigenvalue weighted by Gasteiger charge is 2.03. The smallest absolute Gasteiger partial charge is 0.198 e. The fourth-order valence-electron chi connectivity index (χ4n) is 1.54. The zero-order chi connectivity index (χ0) is 12.2. The Morgan fingerprint density at radius 2 is 2.06 bits per heavy atom. The molecule has 0 fully saturated rings. The lowest BCUT2D eigenvalue weighted by molar-refractivity contribution is 0.585. The molecule has 88 valence electrons. The Bertz CT molecular complexity index is 623. The average molecular weight is 238 g/mol. The Morgan fingerprint density at radius 3 is 2.83 bits per heavy atom. The topological polar surface area (TPSA) is 63.8 Å². The zero-order valence-electron chi connectivity index (χ0n) is 9.45. The molecule has 0 aromatic carbocycles. The standard InChI is InChI=1S/C13H10N4O/c1-3-10(9-14-6-1)13-15-7-5-11(17-13)16-12-4-2-8-18-12/h1-9H,(H,15,16,17). The van der Waals surface area contributed by atoms with Gasteiger partial charge >= 0.3 is 0 Å². The van der Waals surface area contributed by atoms with E-state index >= 15 is 0 Å². The average Bonchev–Trinajstić information content (AvgIpc) is 2.93. The summed E-state index contributed by atoms with van der Waals surface area (Å²) < 4.78 is 5.20. The molecule has 0 atom stereocenters. The monoisotopic (exact) mass is 238 g/mol. The van der Waals surface area contributed by atoms with Crippen LogP contribution in [0.2, 0.25) is 0 Å². The Hall–Kier alpha value is -2.69. The second kappa shape index (κ2) is 4.67. The molecule has 0 aliphatic carbocycles. The van der Waals surface area contributed by atoms with Crippen molar-refractivity contribution < 1.29 is 4.42 Å². The minimum atomic E-state index is 0.625. The van der Waals surface area contributed by atoms with Gasteiger partial charge in [-0.1, -0.05) is 0 Å². The molecule has 0 saturated heterocycles. The molecule has 1 N–H and O–H groups in total. The third kappa shape index (κ3) is 2.20. The number of hydrogen-bond donors (Lipinski definition) is 1. The van der Waals surface area contributed by atoms with E-state index in [1.807, 2.05) is 24.3 Å². The summed E-state index contributed by atoms with van der Waals surface area (Å²) in [5.41, 5.74) is 0.876. The molecule has 0 unspecified atom stereocenters. The van der Waals surface area contributed by atoms with Crippen LogP contribution >= 0.6 is 0 Å². The van der Waals surface area contributed by atoms with E-state index < -0.39 is 0 Å². The van der Waals surface area contributed by atoms with Crippen LogP contribution in [0.15, 0.2) is 59.6 Å². The molecule has 3 aromatic rings. The lowest BCUT2D eigenvalue weighted by Gasteiger charge is -2.04. The second-order valence-electron chi connectivity index (χ2n) is 3.61. The molecule has 0 aliphatic rings. The Morgan fingerprint density at radius 1 is 1.06 bits per heavy atom. The molecule has 3 heterocycles. The van der Waals surface area contributed by atoms with E-state index in [9.17, 15) is 0 Å². The van der Waals surface area contributed by atoms with E-state index in [-0.39, 0.29) is 0 Å². The second-order valence-corrected chi connectivity index (χ2v) is 3.61. The molecule has 5 nitrogen and oxygen atoms in total. The van der Waals surface area contributed by atoms with Crippen molar-refractivity contribution in [2.24, 2.45) is 0 Å².